The number of rotatable bonds is 19. The van der Waals surface area contributed by atoms with E-state index in [2.05, 4.69) is 4.74 Å². The lowest BCUT2D eigenvalue weighted by atomic mass is 10.0. The third-order valence-corrected chi connectivity index (χ3v) is 9.61. The largest absolute Gasteiger partial charge is 0.755 e. The average Bonchev–Trinajstić information content (AvgIpc) is 4.04. The van der Waals surface area contributed by atoms with Crippen LogP contribution in [-0.4, -0.2) is 65.2 Å². The number of halogens is 4. The molecule has 0 bridgehead atoms. The smallest absolute Gasteiger partial charge is 0.387 e. The Morgan fingerprint density at radius 2 is 1.55 bits per heavy atom. The Morgan fingerprint density at radius 3 is 2.12 bits per heavy atom. The van der Waals surface area contributed by atoms with E-state index in [-0.39, 0.29) is 81.1 Å². The fraction of sp³-hybridized carbons (Fsp3) is 0.459. The van der Waals surface area contributed by atoms with Gasteiger partial charge in [0.05, 0.1) is 24.5 Å². The van der Waals surface area contributed by atoms with E-state index in [0.29, 0.717) is 4.73 Å². The molecule has 2 unspecified atom stereocenters. The molecule has 1 aromatic heterocycles. The van der Waals surface area contributed by atoms with Gasteiger partial charge in [0.25, 0.3) is 0 Å². The molecule has 0 aliphatic heterocycles. The van der Waals surface area contributed by atoms with Crippen LogP contribution in [0.15, 0.2) is 48.8 Å². The average molecular weight is 845 g/mol. The molecule has 56 heavy (non-hydrogen) atoms. The van der Waals surface area contributed by atoms with Crippen LogP contribution in [0.4, 0.5) is 14.5 Å². The number of esters is 3. The van der Waals surface area contributed by atoms with Crippen LogP contribution in [-0.2, 0) is 41.5 Å². The molecule has 2 aliphatic carbocycles. The van der Waals surface area contributed by atoms with Gasteiger partial charge in [0.15, 0.2) is 30.5 Å². The summed E-state index contributed by atoms with van der Waals surface area (Å²) in [6.07, 6.45) is 4.33. The Labute approximate surface area is 333 Å². The Kier molecular flexibility index (Phi) is 14.2. The molecule has 2 aliphatic rings. The fourth-order valence-electron chi connectivity index (χ4n) is 5.23. The van der Waals surface area contributed by atoms with Gasteiger partial charge in [0, 0.05) is 23.3 Å². The number of alkyl halides is 2. The molecule has 0 saturated heterocycles. The normalized spacial score (nSPS) is 15.1. The van der Waals surface area contributed by atoms with Crippen LogP contribution in [0.3, 0.4) is 0 Å². The second kappa shape index (κ2) is 18.7. The summed E-state index contributed by atoms with van der Waals surface area (Å²) in [7, 11) is 0. The van der Waals surface area contributed by atoms with Gasteiger partial charge >= 0.3 is 24.5 Å². The van der Waals surface area contributed by atoms with Crippen molar-refractivity contribution in [1.29, 1.82) is 0 Å². The van der Waals surface area contributed by atoms with Crippen LogP contribution in [0, 0.1) is 17.0 Å². The maximum Gasteiger partial charge on any atom is 0.387 e. The lowest BCUT2D eigenvalue weighted by Gasteiger charge is -2.29. The molecule has 2 fully saturated rings. The zero-order valence-electron chi connectivity index (χ0n) is 30.5. The second-order valence-corrected chi connectivity index (χ2v) is 15.9. The van der Waals surface area contributed by atoms with Crippen LogP contribution < -0.4 is 23.2 Å². The van der Waals surface area contributed by atoms with Crippen molar-refractivity contribution in [2.24, 2.45) is 11.8 Å². The quantitative estimate of drug-likeness (QED) is 0.0426. The number of pyridine rings is 1. The Bertz CT molecular complexity index is 1920. The summed E-state index contributed by atoms with van der Waals surface area (Å²) < 4.78 is 84.6. The predicted octanol–water partition coefficient (Wildman–Crippen LogP) is 6.43. The lowest BCUT2D eigenvalue weighted by Crippen LogP contribution is -2.36. The number of hydrogen-bond donors (Lipinski definition) is 0. The first kappa shape index (κ1) is 42.7. The molecule has 14 nitrogen and oxygen atoms in total. The summed E-state index contributed by atoms with van der Waals surface area (Å²) in [6, 6.07) is 7.70. The highest BCUT2D eigenvalue weighted by atomic mass is 35.5. The molecule has 2 atom stereocenters. The zero-order chi connectivity index (χ0) is 40.7. The number of aromatic nitrogens is 1. The van der Waals surface area contributed by atoms with E-state index < -0.39 is 60.6 Å². The summed E-state index contributed by atoms with van der Waals surface area (Å²) in [4.78, 5) is 39.0. The molecule has 19 heteroatoms. The third kappa shape index (κ3) is 12.8. The monoisotopic (exact) mass is 843 g/mol. The van der Waals surface area contributed by atoms with Crippen molar-refractivity contribution in [2.45, 2.75) is 71.2 Å². The van der Waals surface area contributed by atoms with Crippen molar-refractivity contribution in [3.05, 3.63) is 80.7 Å². The number of ether oxygens (including phenoxy) is 6. The predicted molar refractivity (Wildman–Crippen MR) is 196 cm³/mol. The standard InChI is InChI=1S/C37H40Cl2F2N2O12S/c1-37(2,3)55-33(44)17-43(56(48)49)28-10-8-24(13-31(28)50-18-21-4-5-21)35(46)52-20-34(45)53-30(14-25-26(38)15-42(47)16-27(25)39)23-9-11-29(54-36(40)41)32(12-23)51-19-22-6-7-22/h8-13,15-16,21-22,30,36H,4-7,14,17-20H2,1-3H3,(H,48,49)/p-1. The Hall–Kier alpha value is -4.45. The van der Waals surface area contributed by atoms with E-state index in [1.165, 1.54) is 36.4 Å². The van der Waals surface area contributed by atoms with Crippen LogP contribution >= 0.6 is 23.2 Å². The Morgan fingerprint density at radius 1 is 0.929 bits per heavy atom. The minimum absolute atomic E-state index is 0.0292. The molecular weight excluding hydrogens is 805 g/mol. The van der Waals surface area contributed by atoms with Gasteiger partial charge < -0.3 is 38.2 Å². The first-order valence-electron chi connectivity index (χ1n) is 17.5. The number of anilines is 1. The van der Waals surface area contributed by atoms with Gasteiger partial charge in [0.1, 0.15) is 34.0 Å². The van der Waals surface area contributed by atoms with Crippen molar-refractivity contribution in [2.75, 3.05) is 30.7 Å². The summed E-state index contributed by atoms with van der Waals surface area (Å²) in [5.74, 6) is -2.67. The first-order chi connectivity index (χ1) is 26.4. The molecule has 0 amide bonds. The maximum absolute atomic E-state index is 13.3. The van der Waals surface area contributed by atoms with Crippen LogP contribution in [0.25, 0.3) is 0 Å². The SMILES string of the molecule is CC(C)(C)OC(=O)CN(c1ccc(C(=O)OCC(=O)OC(Cc2c(Cl)c[n+]([O-])cc2Cl)c2ccc(OC(F)F)c(OCC3CC3)c2)cc1OCC1CC1)S(=O)[O-]. The van der Waals surface area contributed by atoms with Crippen molar-refractivity contribution >= 4 is 58.1 Å². The maximum atomic E-state index is 13.3. The van der Waals surface area contributed by atoms with Crippen molar-refractivity contribution in [3.8, 4) is 17.2 Å². The molecule has 3 aromatic rings. The van der Waals surface area contributed by atoms with Gasteiger partial charge in [-0.1, -0.05) is 29.3 Å². The number of hydrogen-bond acceptors (Lipinski definition) is 12. The number of nitrogens with zero attached hydrogens (tertiary/aromatic N) is 2. The highest BCUT2D eigenvalue weighted by molar-refractivity contribution is 7.80. The van der Waals surface area contributed by atoms with Crippen LogP contribution in [0.5, 0.6) is 17.2 Å². The van der Waals surface area contributed by atoms with E-state index in [9.17, 15) is 37.1 Å². The topological polar surface area (TPSA) is 177 Å². The zero-order valence-corrected chi connectivity index (χ0v) is 32.8. The fourth-order valence-corrected chi connectivity index (χ4v) is 6.35. The highest BCUT2D eigenvalue weighted by Gasteiger charge is 2.29. The van der Waals surface area contributed by atoms with Crippen molar-refractivity contribution < 1.29 is 65.1 Å². The minimum atomic E-state index is -3.14. The van der Waals surface area contributed by atoms with E-state index in [1.54, 1.807) is 20.8 Å². The van der Waals surface area contributed by atoms with E-state index in [0.717, 1.165) is 42.4 Å². The number of carbonyl (C=O) groups is 3. The van der Waals surface area contributed by atoms with Gasteiger partial charge in [-0.2, -0.15) is 13.5 Å². The van der Waals surface area contributed by atoms with Gasteiger partial charge in [-0.05, 0) is 94.2 Å². The van der Waals surface area contributed by atoms with E-state index in [1.807, 2.05) is 0 Å². The molecule has 2 aromatic carbocycles. The summed E-state index contributed by atoms with van der Waals surface area (Å²) >= 11 is 9.70. The number of benzene rings is 2. The third-order valence-electron chi connectivity index (χ3n) is 8.28. The van der Waals surface area contributed by atoms with Gasteiger partial charge in [0.2, 0.25) is 0 Å². The lowest BCUT2D eigenvalue weighted by molar-refractivity contribution is -0.605. The Balaban J connectivity index is 1.34. The van der Waals surface area contributed by atoms with Gasteiger partial charge in [-0.15, -0.1) is 0 Å². The van der Waals surface area contributed by atoms with Crippen LogP contribution in [0.2, 0.25) is 10.0 Å². The van der Waals surface area contributed by atoms with E-state index in [4.69, 9.17) is 46.9 Å². The van der Waals surface area contributed by atoms with Crippen molar-refractivity contribution in [1.82, 2.24) is 0 Å². The van der Waals surface area contributed by atoms with Crippen LogP contribution in [0.1, 0.15) is 74.0 Å². The van der Waals surface area contributed by atoms with Gasteiger partial charge in [-0.3, -0.25) is 13.3 Å². The molecule has 2 saturated carbocycles. The molecule has 0 spiro atoms. The molecule has 1 heterocycles. The highest BCUT2D eigenvalue weighted by Crippen LogP contribution is 2.38. The molecule has 0 N–H and O–H groups in total. The molecule has 0 radical (unpaired) electrons. The van der Waals surface area contributed by atoms with E-state index >= 15 is 0 Å². The van der Waals surface area contributed by atoms with Gasteiger partial charge in [-0.25, -0.2) is 9.59 Å². The van der Waals surface area contributed by atoms with Crippen molar-refractivity contribution in [3.63, 3.8) is 0 Å². The molecular formula is C37H39Cl2F2N2O12S-. The number of carbonyl (C=O) groups excluding carboxylic acids is 3. The summed E-state index contributed by atoms with van der Waals surface area (Å²) in [5, 5.41) is 11.8. The molecule has 304 valence electrons. The summed E-state index contributed by atoms with van der Waals surface area (Å²) in [6.45, 7) is 0.651. The minimum Gasteiger partial charge on any atom is -0.755 e. The summed E-state index contributed by atoms with van der Waals surface area (Å²) in [5.41, 5.74) is -0.544. The second-order valence-electron chi connectivity index (χ2n) is 14.2. The molecule has 5 rings (SSSR count). The first-order valence-corrected chi connectivity index (χ1v) is 19.2.